The summed E-state index contributed by atoms with van der Waals surface area (Å²) in [5.41, 5.74) is 8.02. The average molecular weight is 338 g/mol. The highest BCUT2D eigenvalue weighted by atomic mass is 15.1. The van der Waals surface area contributed by atoms with Gasteiger partial charge < -0.3 is 10.2 Å². The van der Waals surface area contributed by atoms with Crippen molar-refractivity contribution < 1.29 is 0 Å². The van der Waals surface area contributed by atoms with Crippen LogP contribution in [0, 0.1) is 13.8 Å². The van der Waals surface area contributed by atoms with Gasteiger partial charge in [0.05, 0.1) is 5.52 Å². The number of rotatable bonds is 4. The number of nitrogens with one attached hydrogen (secondary N) is 1. The summed E-state index contributed by atoms with van der Waals surface area (Å²) in [6.45, 7) is 10.5. The molecule has 2 aliphatic rings. The first-order valence-corrected chi connectivity index (χ1v) is 10.0. The Labute approximate surface area is 151 Å². The first kappa shape index (κ1) is 16.8. The molecule has 0 spiro atoms. The van der Waals surface area contributed by atoms with Crippen molar-refractivity contribution >= 4 is 16.6 Å². The largest absolute Gasteiger partial charge is 0.382 e. The van der Waals surface area contributed by atoms with Crippen LogP contribution in [-0.2, 0) is 12.8 Å². The van der Waals surface area contributed by atoms with Crippen molar-refractivity contribution in [2.45, 2.75) is 65.3 Å². The lowest BCUT2D eigenvalue weighted by atomic mass is 9.93. The Hall–Kier alpha value is -1.61. The highest BCUT2D eigenvalue weighted by Gasteiger charge is 2.20. The van der Waals surface area contributed by atoms with E-state index in [4.69, 9.17) is 4.98 Å². The standard InChI is InChI=1S/C22H31N3/c1-15-13-21-20(14-18(15)7-6-12-25-10-4-5-11-25)22-19(17(3)24-21)9-8-16(2)23-22/h13-14,16,23H,4-12H2,1-3H3. The van der Waals surface area contributed by atoms with Gasteiger partial charge in [-0.15, -0.1) is 0 Å². The van der Waals surface area contributed by atoms with Gasteiger partial charge in [-0.3, -0.25) is 4.98 Å². The lowest BCUT2D eigenvalue weighted by molar-refractivity contribution is 0.334. The normalized spacial score (nSPS) is 20.7. The van der Waals surface area contributed by atoms with E-state index in [1.165, 1.54) is 85.2 Å². The van der Waals surface area contributed by atoms with Crippen LogP contribution >= 0.6 is 0 Å². The second-order valence-corrected chi connectivity index (χ2v) is 8.08. The Morgan fingerprint density at radius 3 is 2.80 bits per heavy atom. The number of fused-ring (bicyclic) bond motifs is 3. The summed E-state index contributed by atoms with van der Waals surface area (Å²) in [7, 11) is 0. The second-order valence-electron chi connectivity index (χ2n) is 8.08. The summed E-state index contributed by atoms with van der Waals surface area (Å²) in [4.78, 5) is 7.53. The Morgan fingerprint density at radius 2 is 2.00 bits per heavy atom. The fourth-order valence-corrected chi connectivity index (χ4v) is 4.54. The minimum atomic E-state index is 0.553. The predicted molar refractivity (Wildman–Crippen MR) is 107 cm³/mol. The second kappa shape index (κ2) is 6.95. The summed E-state index contributed by atoms with van der Waals surface area (Å²) < 4.78 is 0. The SMILES string of the molecule is Cc1cc2nc(C)c3c(c2cc1CCCN1CCCC1)NC(C)CC3. The molecule has 134 valence electrons. The molecular weight excluding hydrogens is 306 g/mol. The van der Waals surface area contributed by atoms with Crippen molar-refractivity contribution in [2.24, 2.45) is 0 Å². The monoisotopic (exact) mass is 337 g/mol. The number of nitrogens with zero attached hydrogens (tertiary/aromatic N) is 2. The van der Waals surface area contributed by atoms with Crippen molar-refractivity contribution in [3.05, 3.63) is 34.5 Å². The van der Waals surface area contributed by atoms with Gasteiger partial charge >= 0.3 is 0 Å². The van der Waals surface area contributed by atoms with Crippen LogP contribution in [0.5, 0.6) is 0 Å². The van der Waals surface area contributed by atoms with E-state index in [0.717, 1.165) is 11.9 Å². The predicted octanol–water partition coefficient (Wildman–Crippen LogP) is 4.63. The van der Waals surface area contributed by atoms with E-state index in [-0.39, 0.29) is 0 Å². The molecule has 1 fully saturated rings. The Kier molecular flexibility index (Phi) is 4.68. The summed E-state index contributed by atoms with van der Waals surface area (Å²) in [5.74, 6) is 0. The van der Waals surface area contributed by atoms with Crippen LogP contribution in [0.4, 0.5) is 5.69 Å². The molecule has 1 aromatic carbocycles. The number of aromatic nitrogens is 1. The first-order chi connectivity index (χ1) is 12.1. The third-order valence-corrected chi connectivity index (χ3v) is 6.09. The summed E-state index contributed by atoms with van der Waals surface area (Å²) >= 11 is 0. The van der Waals surface area contributed by atoms with Gasteiger partial charge in [0.1, 0.15) is 0 Å². The first-order valence-electron chi connectivity index (χ1n) is 10.0. The van der Waals surface area contributed by atoms with E-state index in [2.05, 4.69) is 43.1 Å². The number of aryl methyl sites for hydroxylation is 3. The third kappa shape index (κ3) is 3.39. The third-order valence-electron chi connectivity index (χ3n) is 6.09. The van der Waals surface area contributed by atoms with Crippen LogP contribution in [0.25, 0.3) is 10.9 Å². The molecular formula is C22H31N3. The van der Waals surface area contributed by atoms with E-state index in [1.54, 1.807) is 0 Å². The molecule has 3 nitrogen and oxygen atoms in total. The highest BCUT2D eigenvalue weighted by Crippen LogP contribution is 2.35. The van der Waals surface area contributed by atoms with Gasteiger partial charge in [0.25, 0.3) is 0 Å². The van der Waals surface area contributed by atoms with Crippen LogP contribution in [-0.4, -0.2) is 35.6 Å². The van der Waals surface area contributed by atoms with Crippen LogP contribution in [0.15, 0.2) is 12.1 Å². The van der Waals surface area contributed by atoms with E-state index < -0.39 is 0 Å². The van der Waals surface area contributed by atoms with E-state index in [9.17, 15) is 0 Å². The lowest BCUT2D eigenvalue weighted by Gasteiger charge is -2.27. The number of benzene rings is 1. The molecule has 2 aliphatic heterocycles. The maximum Gasteiger partial charge on any atom is 0.0729 e. The fraction of sp³-hybridized carbons (Fsp3) is 0.591. The van der Waals surface area contributed by atoms with Crippen molar-refractivity contribution in [3.8, 4) is 0 Å². The number of pyridine rings is 1. The molecule has 3 heterocycles. The number of likely N-dealkylation sites (tertiary alicyclic amines) is 1. The molecule has 0 aliphatic carbocycles. The molecule has 3 heteroatoms. The number of hydrogen-bond donors (Lipinski definition) is 1. The van der Waals surface area contributed by atoms with Gasteiger partial charge in [-0.1, -0.05) is 0 Å². The molecule has 0 radical (unpaired) electrons. The van der Waals surface area contributed by atoms with Crippen molar-refractivity contribution in [3.63, 3.8) is 0 Å². The summed E-state index contributed by atoms with van der Waals surface area (Å²) in [6.07, 6.45) is 7.56. The van der Waals surface area contributed by atoms with Gasteiger partial charge in [-0.25, -0.2) is 0 Å². The molecule has 1 unspecified atom stereocenters. The lowest BCUT2D eigenvalue weighted by Crippen LogP contribution is -2.23. The molecule has 0 saturated carbocycles. The number of hydrogen-bond acceptors (Lipinski definition) is 3. The highest BCUT2D eigenvalue weighted by molar-refractivity contribution is 5.95. The maximum atomic E-state index is 4.91. The van der Waals surface area contributed by atoms with Crippen LogP contribution in [0.3, 0.4) is 0 Å². The molecule has 25 heavy (non-hydrogen) atoms. The van der Waals surface area contributed by atoms with Gasteiger partial charge in [0.15, 0.2) is 0 Å². The smallest absolute Gasteiger partial charge is 0.0729 e. The van der Waals surface area contributed by atoms with Gasteiger partial charge in [-0.2, -0.15) is 0 Å². The van der Waals surface area contributed by atoms with Crippen LogP contribution in [0.2, 0.25) is 0 Å². The summed E-state index contributed by atoms with van der Waals surface area (Å²) in [5, 5.41) is 5.07. The van der Waals surface area contributed by atoms with Crippen molar-refractivity contribution in [2.75, 3.05) is 25.0 Å². The van der Waals surface area contributed by atoms with E-state index >= 15 is 0 Å². The quantitative estimate of drug-likeness (QED) is 0.882. The molecule has 4 rings (SSSR count). The molecule has 0 amide bonds. The van der Waals surface area contributed by atoms with E-state index in [0.29, 0.717) is 6.04 Å². The molecule has 0 bridgehead atoms. The van der Waals surface area contributed by atoms with Crippen molar-refractivity contribution in [1.82, 2.24) is 9.88 Å². The topological polar surface area (TPSA) is 28.2 Å². The van der Waals surface area contributed by atoms with Gasteiger partial charge in [0, 0.05) is 22.8 Å². The minimum Gasteiger partial charge on any atom is -0.382 e. The minimum absolute atomic E-state index is 0.553. The molecule has 1 atom stereocenters. The van der Waals surface area contributed by atoms with Crippen molar-refractivity contribution in [1.29, 1.82) is 0 Å². The van der Waals surface area contributed by atoms with Gasteiger partial charge in [0.2, 0.25) is 0 Å². The zero-order valence-corrected chi connectivity index (χ0v) is 16.0. The number of anilines is 1. The summed E-state index contributed by atoms with van der Waals surface area (Å²) in [6, 6.07) is 5.28. The maximum absolute atomic E-state index is 4.91. The molecule has 1 saturated heterocycles. The Bertz CT molecular complexity index is 775. The van der Waals surface area contributed by atoms with Crippen LogP contribution in [0.1, 0.15) is 55.0 Å². The average Bonchev–Trinajstić information content (AvgIpc) is 3.09. The van der Waals surface area contributed by atoms with Gasteiger partial charge in [-0.05, 0) is 108 Å². The fourth-order valence-electron chi connectivity index (χ4n) is 4.54. The zero-order chi connectivity index (χ0) is 17.4. The Balaban J connectivity index is 1.62. The Morgan fingerprint density at radius 1 is 1.20 bits per heavy atom. The molecule has 1 aromatic heterocycles. The molecule has 2 aromatic rings. The zero-order valence-electron chi connectivity index (χ0n) is 16.0. The van der Waals surface area contributed by atoms with Crippen LogP contribution < -0.4 is 5.32 Å². The van der Waals surface area contributed by atoms with E-state index in [1.807, 2.05) is 0 Å². The molecule has 1 N–H and O–H groups in total.